The number of aryl methyl sites for hydroxylation is 1. The molecule has 0 unspecified atom stereocenters. The fourth-order valence-corrected chi connectivity index (χ4v) is 4.49. The minimum atomic E-state index is -0.345. The molecule has 0 radical (unpaired) electrons. The van der Waals surface area contributed by atoms with Crippen LogP contribution in [0.3, 0.4) is 0 Å². The summed E-state index contributed by atoms with van der Waals surface area (Å²) in [7, 11) is 0. The topological polar surface area (TPSA) is 36.2 Å². The fraction of sp³-hybridized carbons (Fsp3) is 0.148. The van der Waals surface area contributed by atoms with Gasteiger partial charge >= 0.3 is 6.09 Å². The number of ether oxygens (including phenoxy) is 1. The molecule has 4 heteroatoms. The molecule has 0 aliphatic carbocycles. The number of carbonyl (C=O) groups is 1. The lowest BCUT2D eigenvalue weighted by Gasteiger charge is -2.14. The number of carbonyl (C=O) groups excluding carboxylic acids is 1. The van der Waals surface area contributed by atoms with Gasteiger partial charge in [0.25, 0.3) is 0 Å². The standard InChI is InChI=1S/C27H24N2O2/c1-3-31-27(30)29-23-17-11-10-16-22(23)24-19(2)28(18-20-12-6-4-7-13-20)25(26(24)29)21-14-8-5-9-15-21/h4-17H,3,18H2,1-2H3. The van der Waals surface area contributed by atoms with Gasteiger partial charge in [0, 0.05) is 28.6 Å². The van der Waals surface area contributed by atoms with Crippen molar-refractivity contribution < 1.29 is 9.53 Å². The van der Waals surface area contributed by atoms with Gasteiger partial charge in [-0.2, -0.15) is 0 Å². The zero-order valence-corrected chi connectivity index (χ0v) is 17.7. The van der Waals surface area contributed by atoms with Crippen molar-refractivity contribution in [2.24, 2.45) is 0 Å². The third kappa shape index (κ3) is 3.12. The zero-order valence-electron chi connectivity index (χ0n) is 17.7. The van der Waals surface area contributed by atoms with Crippen LogP contribution in [0, 0.1) is 6.92 Å². The Balaban J connectivity index is 1.90. The fourth-order valence-electron chi connectivity index (χ4n) is 4.49. The van der Waals surface area contributed by atoms with Crippen molar-refractivity contribution in [1.82, 2.24) is 9.13 Å². The van der Waals surface area contributed by atoms with Crippen molar-refractivity contribution in [2.45, 2.75) is 20.4 Å². The van der Waals surface area contributed by atoms with Crippen LogP contribution in [0.1, 0.15) is 18.2 Å². The van der Waals surface area contributed by atoms with Crippen molar-refractivity contribution >= 4 is 27.9 Å². The first-order chi connectivity index (χ1) is 15.2. The molecular weight excluding hydrogens is 384 g/mol. The molecule has 2 heterocycles. The van der Waals surface area contributed by atoms with E-state index in [9.17, 15) is 4.79 Å². The number of nitrogens with zero attached hydrogens (tertiary/aromatic N) is 2. The summed E-state index contributed by atoms with van der Waals surface area (Å²) in [5, 5.41) is 2.16. The summed E-state index contributed by atoms with van der Waals surface area (Å²) in [6.45, 7) is 5.03. The normalized spacial score (nSPS) is 11.3. The van der Waals surface area contributed by atoms with Gasteiger partial charge in [0.15, 0.2) is 0 Å². The first-order valence-electron chi connectivity index (χ1n) is 10.6. The second-order valence-corrected chi connectivity index (χ2v) is 7.65. The molecule has 0 fully saturated rings. The van der Waals surface area contributed by atoms with Gasteiger partial charge in [-0.05, 0) is 25.5 Å². The SMILES string of the molecule is CCOC(=O)n1c2ccccc2c2c(C)n(Cc3ccccc3)c(-c3ccccc3)c21. The maximum absolute atomic E-state index is 13.1. The van der Waals surface area contributed by atoms with E-state index >= 15 is 0 Å². The van der Waals surface area contributed by atoms with Gasteiger partial charge < -0.3 is 9.30 Å². The highest BCUT2D eigenvalue weighted by molar-refractivity contribution is 6.18. The Hall–Kier alpha value is -3.79. The molecule has 5 rings (SSSR count). The van der Waals surface area contributed by atoms with Gasteiger partial charge in [0.2, 0.25) is 0 Å². The quantitative estimate of drug-likeness (QED) is 0.335. The molecule has 2 aromatic heterocycles. The van der Waals surface area contributed by atoms with Gasteiger partial charge in [-0.1, -0.05) is 78.9 Å². The van der Waals surface area contributed by atoms with Crippen molar-refractivity contribution in [3.05, 3.63) is 96.2 Å². The molecule has 0 aliphatic heterocycles. The molecule has 0 aliphatic rings. The predicted octanol–water partition coefficient (Wildman–Crippen LogP) is 6.62. The minimum Gasteiger partial charge on any atom is -0.449 e. The number of aromatic nitrogens is 2. The Morgan fingerprint density at radius 2 is 1.52 bits per heavy atom. The average molecular weight is 409 g/mol. The number of hydrogen-bond acceptors (Lipinski definition) is 2. The highest BCUT2D eigenvalue weighted by atomic mass is 16.5. The molecule has 0 saturated carbocycles. The summed E-state index contributed by atoms with van der Waals surface area (Å²) < 4.78 is 9.53. The second kappa shape index (κ2) is 7.80. The largest absolute Gasteiger partial charge is 0.449 e. The maximum Gasteiger partial charge on any atom is 0.419 e. The van der Waals surface area contributed by atoms with Gasteiger partial charge in [-0.3, -0.25) is 0 Å². The van der Waals surface area contributed by atoms with E-state index in [1.165, 1.54) is 5.56 Å². The van der Waals surface area contributed by atoms with E-state index in [-0.39, 0.29) is 6.09 Å². The summed E-state index contributed by atoms with van der Waals surface area (Å²) in [6, 6.07) is 28.8. The van der Waals surface area contributed by atoms with Crippen LogP contribution in [0.5, 0.6) is 0 Å². The first-order valence-corrected chi connectivity index (χ1v) is 10.6. The van der Waals surface area contributed by atoms with E-state index in [1.54, 1.807) is 4.57 Å². The smallest absolute Gasteiger partial charge is 0.419 e. The highest BCUT2D eigenvalue weighted by Crippen LogP contribution is 2.40. The highest BCUT2D eigenvalue weighted by Gasteiger charge is 2.26. The number of benzene rings is 3. The maximum atomic E-state index is 13.1. The number of para-hydroxylation sites is 1. The van der Waals surface area contributed by atoms with Gasteiger partial charge in [0.05, 0.1) is 23.3 Å². The lowest BCUT2D eigenvalue weighted by Crippen LogP contribution is -2.14. The van der Waals surface area contributed by atoms with Crippen LogP contribution < -0.4 is 0 Å². The van der Waals surface area contributed by atoms with Crippen molar-refractivity contribution in [2.75, 3.05) is 6.61 Å². The Morgan fingerprint density at radius 1 is 0.871 bits per heavy atom. The molecule has 0 atom stereocenters. The second-order valence-electron chi connectivity index (χ2n) is 7.65. The number of hydrogen-bond donors (Lipinski definition) is 0. The summed E-state index contributed by atoms with van der Waals surface area (Å²) >= 11 is 0. The van der Waals surface area contributed by atoms with Crippen LogP contribution in [0.25, 0.3) is 33.1 Å². The molecule has 31 heavy (non-hydrogen) atoms. The molecule has 0 amide bonds. The lowest BCUT2D eigenvalue weighted by atomic mass is 10.1. The third-order valence-electron chi connectivity index (χ3n) is 5.82. The van der Waals surface area contributed by atoms with Gasteiger partial charge in [0.1, 0.15) is 0 Å². The van der Waals surface area contributed by atoms with E-state index in [0.717, 1.165) is 45.3 Å². The van der Waals surface area contributed by atoms with Crippen LogP contribution in [-0.2, 0) is 11.3 Å². The summed E-state index contributed by atoms with van der Waals surface area (Å²) in [4.78, 5) is 13.1. The molecule has 3 aromatic carbocycles. The van der Waals surface area contributed by atoms with Crippen molar-refractivity contribution in [3.8, 4) is 11.3 Å². The minimum absolute atomic E-state index is 0.331. The van der Waals surface area contributed by atoms with Gasteiger partial charge in [-0.25, -0.2) is 9.36 Å². The van der Waals surface area contributed by atoms with Crippen LogP contribution in [0.15, 0.2) is 84.9 Å². The summed E-state index contributed by atoms with van der Waals surface area (Å²) in [5.41, 5.74) is 6.23. The predicted molar refractivity (Wildman–Crippen MR) is 126 cm³/mol. The van der Waals surface area contributed by atoms with E-state index < -0.39 is 0 Å². The molecule has 154 valence electrons. The molecule has 5 aromatic rings. The first kappa shape index (κ1) is 19.2. The number of fused-ring (bicyclic) bond motifs is 3. The van der Waals surface area contributed by atoms with Gasteiger partial charge in [-0.15, -0.1) is 0 Å². The summed E-state index contributed by atoms with van der Waals surface area (Å²) in [5.74, 6) is 0. The third-order valence-corrected chi connectivity index (χ3v) is 5.82. The molecule has 0 bridgehead atoms. The van der Waals surface area contributed by atoms with Crippen molar-refractivity contribution in [3.63, 3.8) is 0 Å². The van der Waals surface area contributed by atoms with E-state index in [0.29, 0.717) is 6.61 Å². The molecule has 4 nitrogen and oxygen atoms in total. The van der Waals surface area contributed by atoms with Crippen LogP contribution in [0.2, 0.25) is 0 Å². The Kier molecular flexibility index (Phi) is 4.83. The monoisotopic (exact) mass is 408 g/mol. The molecule has 0 spiro atoms. The molecule has 0 saturated heterocycles. The Morgan fingerprint density at radius 3 is 2.23 bits per heavy atom. The zero-order chi connectivity index (χ0) is 21.4. The van der Waals surface area contributed by atoms with Crippen LogP contribution >= 0.6 is 0 Å². The van der Waals surface area contributed by atoms with E-state index in [4.69, 9.17) is 4.74 Å². The number of rotatable bonds is 4. The lowest BCUT2D eigenvalue weighted by molar-refractivity contribution is 0.156. The molecular formula is C27H24N2O2. The average Bonchev–Trinajstić information content (AvgIpc) is 3.28. The Labute approximate surface area is 181 Å². The van der Waals surface area contributed by atoms with Crippen LogP contribution in [-0.4, -0.2) is 21.8 Å². The van der Waals surface area contributed by atoms with E-state index in [1.807, 2.05) is 49.4 Å². The molecule has 0 N–H and O–H groups in total. The Bertz CT molecular complexity index is 1380. The summed E-state index contributed by atoms with van der Waals surface area (Å²) in [6.07, 6.45) is -0.345. The van der Waals surface area contributed by atoms with Crippen LogP contribution in [0.4, 0.5) is 4.79 Å². The van der Waals surface area contributed by atoms with E-state index in [2.05, 4.69) is 54.0 Å². The van der Waals surface area contributed by atoms with Crippen molar-refractivity contribution in [1.29, 1.82) is 0 Å².